The molecule has 0 fully saturated rings. The first-order valence-corrected chi connectivity index (χ1v) is 9.65. The molecule has 0 atom stereocenters. The van der Waals surface area contributed by atoms with E-state index in [2.05, 4.69) is 48.5 Å². The van der Waals surface area contributed by atoms with E-state index in [0.717, 1.165) is 24.8 Å². The van der Waals surface area contributed by atoms with Crippen LogP contribution in [0.25, 0.3) is 22.6 Å². The summed E-state index contributed by atoms with van der Waals surface area (Å²) in [7, 11) is 0. The monoisotopic (exact) mass is 518 g/mol. The van der Waals surface area contributed by atoms with Gasteiger partial charge in [-0.15, -0.1) is 0 Å². The highest BCUT2D eigenvalue weighted by molar-refractivity contribution is 14.1. The van der Waals surface area contributed by atoms with Crippen LogP contribution in [0, 0.1) is 3.57 Å². The molecule has 4 aromatic rings. The number of benzene rings is 3. The molecule has 0 unspecified atom stereocenters. The third kappa shape index (κ3) is 3.52. The van der Waals surface area contributed by atoms with E-state index < -0.39 is 0 Å². The van der Waals surface area contributed by atoms with Gasteiger partial charge in [0.1, 0.15) is 11.3 Å². The van der Waals surface area contributed by atoms with Crippen LogP contribution in [0.2, 0.25) is 0 Å². The number of hydrogen-bond donors (Lipinski definition) is 1. The molecule has 0 bridgehead atoms. The van der Waals surface area contributed by atoms with Crippen molar-refractivity contribution in [1.82, 2.24) is 4.98 Å². The van der Waals surface area contributed by atoms with Crippen molar-refractivity contribution in [2.45, 2.75) is 0 Å². The summed E-state index contributed by atoms with van der Waals surface area (Å²) >= 11 is 5.51. The van der Waals surface area contributed by atoms with Gasteiger partial charge in [-0.2, -0.15) is 0 Å². The summed E-state index contributed by atoms with van der Waals surface area (Å²) in [6.45, 7) is 0. The molecule has 6 heteroatoms. The Hall–Kier alpha value is -2.19. The van der Waals surface area contributed by atoms with E-state index in [1.807, 2.05) is 60.7 Å². The van der Waals surface area contributed by atoms with Crippen LogP contribution in [0.5, 0.6) is 5.75 Å². The Morgan fingerprint density at radius 2 is 1.88 bits per heavy atom. The lowest BCUT2D eigenvalue weighted by atomic mass is 10.2. The molecule has 128 valence electrons. The summed E-state index contributed by atoms with van der Waals surface area (Å²) in [6, 6.07) is 18.9. The molecule has 0 saturated carbocycles. The Morgan fingerprint density at radius 1 is 1.08 bits per heavy atom. The molecule has 0 aliphatic heterocycles. The minimum Gasteiger partial charge on any atom is -0.506 e. The van der Waals surface area contributed by atoms with Gasteiger partial charge in [0, 0.05) is 21.8 Å². The predicted octanol–water partition coefficient (Wildman–Crippen LogP) is 6.32. The first-order valence-electron chi connectivity index (χ1n) is 7.78. The van der Waals surface area contributed by atoms with E-state index in [1.54, 1.807) is 6.21 Å². The van der Waals surface area contributed by atoms with Crippen molar-refractivity contribution in [3.05, 3.63) is 74.3 Å². The van der Waals surface area contributed by atoms with Crippen LogP contribution in [0.4, 0.5) is 5.69 Å². The standard InChI is InChI=1S/C20H12BrIN2O2/c21-14-6-4-12(5-7-14)20-24-17-10-15(8-9-18(17)26-20)23-11-13-2-1-3-16(22)19(13)25/h1-11,25H. The van der Waals surface area contributed by atoms with Crippen LogP contribution in [0.15, 0.2) is 74.5 Å². The zero-order chi connectivity index (χ0) is 18.1. The van der Waals surface area contributed by atoms with Crippen molar-refractivity contribution in [3.63, 3.8) is 0 Å². The smallest absolute Gasteiger partial charge is 0.227 e. The normalized spacial score (nSPS) is 11.5. The summed E-state index contributed by atoms with van der Waals surface area (Å²) in [5.41, 5.74) is 3.78. The van der Waals surface area contributed by atoms with Crippen LogP contribution in [-0.2, 0) is 0 Å². The Kier molecular flexibility index (Phi) is 4.78. The highest BCUT2D eigenvalue weighted by Crippen LogP contribution is 2.28. The van der Waals surface area contributed by atoms with Crippen molar-refractivity contribution in [2.75, 3.05) is 0 Å². The van der Waals surface area contributed by atoms with Crippen molar-refractivity contribution in [2.24, 2.45) is 4.99 Å². The first-order chi connectivity index (χ1) is 12.6. The van der Waals surface area contributed by atoms with Gasteiger partial charge in [-0.1, -0.05) is 22.0 Å². The Bertz CT molecular complexity index is 1120. The van der Waals surface area contributed by atoms with Gasteiger partial charge < -0.3 is 9.52 Å². The van der Waals surface area contributed by atoms with Gasteiger partial charge in [-0.05, 0) is 77.2 Å². The molecule has 0 radical (unpaired) electrons. The van der Waals surface area contributed by atoms with Gasteiger partial charge in [0.25, 0.3) is 0 Å². The lowest BCUT2D eigenvalue weighted by molar-refractivity contribution is 0.470. The number of fused-ring (bicyclic) bond motifs is 1. The zero-order valence-corrected chi connectivity index (χ0v) is 17.1. The molecule has 26 heavy (non-hydrogen) atoms. The fourth-order valence-corrected chi connectivity index (χ4v) is 3.28. The number of phenolic OH excluding ortho intramolecular Hbond substituents is 1. The molecule has 0 spiro atoms. The number of aromatic nitrogens is 1. The van der Waals surface area contributed by atoms with E-state index >= 15 is 0 Å². The topological polar surface area (TPSA) is 58.6 Å². The molecular formula is C20H12BrIN2O2. The Labute approximate surface area is 171 Å². The largest absolute Gasteiger partial charge is 0.506 e. The average Bonchev–Trinajstić information content (AvgIpc) is 3.07. The van der Waals surface area contributed by atoms with Gasteiger partial charge in [0.2, 0.25) is 5.89 Å². The van der Waals surface area contributed by atoms with Gasteiger partial charge in [-0.3, -0.25) is 4.99 Å². The van der Waals surface area contributed by atoms with E-state index in [-0.39, 0.29) is 5.75 Å². The fourth-order valence-electron chi connectivity index (χ4n) is 2.49. The minimum atomic E-state index is 0.233. The number of halogens is 2. The third-order valence-electron chi connectivity index (χ3n) is 3.83. The quantitative estimate of drug-likeness (QED) is 0.255. The molecule has 4 nitrogen and oxygen atoms in total. The maximum Gasteiger partial charge on any atom is 0.227 e. The van der Waals surface area contributed by atoms with Crippen LogP contribution in [-0.4, -0.2) is 16.3 Å². The van der Waals surface area contributed by atoms with Crippen LogP contribution in [0.1, 0.15) is 5.56 Å². The summed E-state index contributed by atoms with van der Waals surface area (Å²) in [5.74, 6) is 0.806. The van der Waals surface area contributed by atoms with Crippen molar-refractivity contribution >= 4 is 61.5 Å². The Morgan fingerprint density at radius 3 is 2.69 bits per heavy atom. The van der Waals surface area contributed by atoms with Crippen LogP contribution >= 0.6 is 38.5 Å². The second-order valence-corrected chi connectivity index (χ2v) is 7.69. The van der Waals surface area contributed by atoms with E-state index in [9.17, 15) is 5.11 Å². The number of nitrogens with zero attached hydrogens (tertiary/aromatic N) is 2. The maximum absolute atomic E-state index is 10.1. The van der Waals surface area contributed by atoms with Crippen molar-refractivity contribution in [1.29, 1.82) is 0 Å². The maximum atomic E-state index is 10.1. The number of oxazole rings is 1. The molecule has 1 heterocycles. The average molecular weight is 519 g/mol. The molecule has 0 aliphatic carbocycles. The first kappa shape index (κ1) is 17.2. The number of rotatable bonds is 3. The zero-order valence-electron chi connectivity index (χ0n) is 13.4. The number of para-hydroxylation sites is 1. The van der Waals surface area contributed by atoms with E-state index in [0.29, 0.717) is 17.0 Å². The molecule has 0 saturated heterocycles. The SMILES string of the molecule is Oc1c(I)cccc1C=Nc1ccc2oc(-c3ccc(Br)cc3)nc2c1. The van der Waals surface area contributed by atoms with Gasteiger partial charge in [-0.25, -0.2) is 4.98 Å². The molecule has 1 N–H and O–H groups in total. The summed E-state index contributed by atoms with van der Waals surface area (Å²) < 4.78 is 7.62. The van der Waals surface area contributed by atoms with Crippen molar-refractivity contribution < 1.29 is 9.52 Å². The lowest BCUT2D eigenvalue weighted by Gasteiger charge is -2.00. The summed E-state index contributed by atoms with van der Waals surface area (Å²) in [6.07, 6.45) is 1.65. The highest BCUT2D eigenvalue weighted by Gasteiger charge is 2.09. The number of aliphatic imine (C=N–C) groups is 1. The lowest BCUT2D eigenvalue weighted by Crippen LogP contribution is -1.84. The van der Waals surface area contributed by atoms with Crippen molar-refractivity contribution in [3.8, 4) is 17.2 Å². The third-order valence-corrected chi connectivity index (χ3v) is 5.23. The minimum absolute atomic E-state index is 0.233. The molecule has 3 aromatic carbocycles. The van der Waals surface area contributed by atoms with Gasteiger partial charge in [0.05, 0.1) is 9.26 Å². The summed E-state index contributed by atoms with van der Waals surface area (Å²) in [4.78, 5) is 9.00. The van der Waals surface area contributed by atoms with E-state index in [1.165, 1.54) is 0 Å². The van der Waals surface area contributed by atoms with Crippen LogP contribution < -0.4 is 0 Å². The second-order valence-electron chi connectivity index (χ2n) is 5.61. The summed E-state index contributed by atoms with van der Waals surface area (Å²) in [5, 5.41) is 10.1. The number of phenols is 1. The van der Waals surface area contributed by atoms with Crippen LogP contribution in [0.3, 0.4) is 0 Å². The number of aromatic hydroxyl groups is 1. The Balaban J connectivity index is 1.66. The molecule has 1 aromatic heterocycles. The van der Waals surface area contributed by atoms with E-state index in [4.69, 9.17) is 4.42 Å². The second kappa shape index (κ2) is 7.20. The predicted molar refractivity (Wildman–Crippen MR) is 115 cm³/mol. The molecule has 0 amide bonds. The van der Waals surface area contributed by atoms with Gasteiger partial charge in [0.15, 0.2) is 5.58 Å². The molecule has 0 aliphatic rings. The highest BCUT2D eigenvalue weighted by atomic mass is 127. The molecular weight excluding hydrogens is 507 g/mol. The van der Waals surface area contributed by atoms with Gasteiger partial charge >= 0.3 is 0 Å². The number of hydrogen-bond acceptors (Lipinski definition) is 4. The fraction of sp³-hybridized carbons (Fsp3) is 0. The molecule has 4 rings (SSSR count).